The molecule has 0 unspecified atom stereocenters. The molecular formula is C23H16ClFN4. The summed E-state index contributed by atoms with van der Waals surface area (Å²) in [6.07, 6.45) is 2.54. The maximum atomic E-state index is 13.4. The molecular weight excluding hydrogens is 387 g/mol. The molecule has 0 saturated carbocycles. The zero-order valence-corrected chi connectivity index (χ0v) is 16.1. The summed E-state index contributed by atoms with van der Waals surface area (Å²) in [5.74, 6) is 1.30. The molecule has 142 valence electrons. The van der Waals surface area contributed by atoms with E-state index >= 15 is 0 Å². The van der Waals surface area contributed by atoms with Gasteiger partial charge in [-0.15, -0.1) is 0 Å². The van der Waals surface area contributed by atoms with Gasteiger partial charge in [0.1, 0.15) is 17.5 Å². The molecule has 0 aliphatic rings. The summed E-state index contributed by atoms with van der Waals surface area (Å²) in [7, 11) is 0. The Bertz CT molecular complexity index is 1190. The van der Waals surface area contributed by atoms with E-state index in [2.05, 4.69) is 9.97 Å². The van der Waals surface area contributed by atoms with Gasteiger partial charge >= 0.3 is 0 Å². The zero-order chi connectivity index (χ0) is 19.8. The molecule has 0 spiro atoms. The Morgan fingerprint density at radius 2 is 1.66 bits per heavy atom. The monoisotopic (exact) mass is 402 g/mol. The van der Waals surface area contributed by atoms with E-state index in [4.69, 9.17) is 16.6 Å². The molecule has 5 rings (SSSR count). The highest BCUT2D eigenvalue weighted by atomic mass is 35.5. The van der Waals surface area contributed by atoms with Crippen molar-refractivity contribution in [1.82, 2.24) is 19.5 Å². The Balaban J connectivity index is 1.58. The van der Waals surface area contributed by atoms with Crippen LogP contribution < -0.4 is 0 Å². The first-order valence-corrected chi connectivity index (χ1v) is 9.57. The van der Waals surface area contributed by atoms with E-state index < -0.39 is 0 Å². The molecule has 29 heavy (non-hydrogen) atoms. The van der Waals surface area contributed by atoms with Crippen LogP contribution in [0.2, 0.25) is 5.02 Å². The van der Waals surface area contributed by atoms with Crippen LogP contribution >= 0.6 is 11.6 Å². The topological polar surface area (TPSA) is 46.5 Å². The first-order valence-electron chi connectivity index (χ1n) is 9.19. The largest absolute Gasteiger partial charge is 0.342 e. The summed E-state index contributed by atoms with van der Waals surface area (Å²) in [4.78, 5) is 12.8. The standard InChI is InChI=1S/C23H16ClFN4/c24-16-7-11-19(12-8-16)29-14-18(26-23(29)15-5-9-17(25)10-6-15)13-22-27-20-3-1-2-4-21(20)28-22/h1-12,14H,13H2,(H,27,28). The maximum Gasteiger partial charge on any atom is 0.144 e. The number of fused-ring (bicyclic) bond motifs is 1. The number of imidazole rings is 2. The summed E-state index contributed by atoms with van der Waals surface area (Å²) in [6.45, 7) is 0. The number of aromatic amines is 1. The Kier molecular flexibility index (Phi) is 4.37. The minimum absolute atomic E-state index is 0.277. The smallest absolute Gasteiger partial charge is 0.144 e. The van der Waals surface area contributed by atoms with Gasteiger partial charge in [0.25, 0.3) is 0 Å². The number of hydrogen-bond acceptors (Lipinski definition) is 2. The number of rotatable bonds is 4. The predicted molar refractivity (Wildman–Crippen MR) is 113 cm³/mol. The van der Waals surface area contributed by atoms with Crippen LogP contribution in [0.1, 0.15) is 11.5 Å². The lowest BCUT2D eigenvalue weighted by Gasteiger charge is -2.08. The van der Waals surface area contributed by atoms with Gasteiger partial charge in [-0.1, -0.05) is 23.7 Å². The van der Waals surface area contributed by atoms with E-state index in [9.17, 15) is 4.39 Å². The van der Waals surface area contributed by atoms with Gasteiger partial charge in [0.05, 0.1) is 16.7 Å². The number of halogens is 2. The molecule has 5 aromatic rings. The summed E-state index contributed by atoms with van der Waals surface area (Å²) in [6, 6.07) is 21.8. The summed E-state index contributed by atoms with van der Waals surface area (Å²) in [5.41, 5.74) is 4.55. The molecule has 2 aromatic heterocycles. The number of H-pyrrole nitrogens is 1. The Morgan fingerprint density at radius 3 is 2.41 bits per heavy atom. The van der Waals surface area contributed by atoms with E-state index in [1.807, 2.05) is 59.3 Å². The minimum atomic E-state index is -0.277. The van der Waals surface area contributed by atoms with Crippen LogP contribution in [0.4, 0.5) is 4.39 Å². The lowest BCUT2D eigenvalue weighted by molar-refractivity contribution is 0.628. The number of para-hydroxylation sites is 2. The predicted octanol–water partition coefficient (Wildman–Crippen LogP) is 5.80. The van der Waals surface area contributed by atoms with Crippen molar-refractivity contribution in [2.24, 2.45) is 0 Å². The molecule has 0 bridgehead atoms. The second-order valence-corrected chi connectivity index (χ2v) is 7.22. The van der Waals surface area contributed by atoms with Crippen LogP contribution in [0, 0.1) is 5.82 Å². The van der Waals surface area contributed by atoms with Gasteiger partial charge in [0.15, 0.2) is 0 Å². The van der Waals surface area contributed by atoms with Crippen molar-refractivity contribution in [2.75, 3.05) is 0 Å². The van der Waals surface area contributed by atoms with Gasteiger partial charge in [-0.25, -0.2) is 14.4 Å². The first-order chi connectivity index (χ1) is 14.2. The van der Waals surface area contributed by atoms with Crippen LogP contribution in [-0.2, 0) is 6.42 Å². The highest BCUT2D eigenvalue weighted by Crippen LogP contribution is 2.25. The molecule has 0 aliphatic heterocycles. The molecule has 2 heterocycles. The van der Waals surface area contributed by atoms with Crippen LogP contribution in [0.25, 0.3) is 28.1 Å². The molecule has 0 amide bonds. The molecule has 4 nitrogen and oxygen atoms in total. The van der Waals surface area contributed by atoms with Gasteiger partial charge < -0.3 is 4.98 Å². The van der Waals surface area contributed by atoms with Crippen molar-refractivity contribution in [3.63, 3.8) is 0 Å². The fourth-order valence-electron chi connectivity index (χ4n) is 3.38. The SMILES string of the molecule is Fc1ccc(-c2nc(Cc3nc4ccccc4[nH]3)cn2-c2ccc(Cl)cc2)cc1. The second kappa shape index (κ2) is 7.18. The number of nitrogens with one attached hydrogen (secondary N) is 1. The average molecular weight is 403 g/mol. The van der Waals surface area contributed by atoms with Crippen LogP contribution in [0.3, 0.4) is 0 Å². The summed E-state index contributed by atoms with van der Waals surface area (Å²) < 4.78 is 15.4. The third-order valence-electron chi connectivity index (χ3n) is 4.75. The number of benzene rings is 3. The maximum absolute atomic E-state index is 13.4. The van der Waals surface area contributed by atoms with Crippen molar-refractivity contribution in [3.05, 3.63) is 101 Å². The van der Waals surface area contributed by atoms with Crippen molar-refractivity contribution in [2.45, 2.75) is 6.42 Å². The zero-order valence-electron chi connectivity index (χ0n) is 15.3. The Hall–Kier alpha value is -3.44. The Labute approximate surface area is 171 Å². The van der Waals surface area contributed by atoms with Crippen LogP contribution in [0.5, 0.6) is 0 Å². The third-order valence-corrected chi connectivity index (χ3v) is 5.00. The van der Waals surface area contributed by atoms with Crippen molar-refractivity contribution < 1.29 is 4.39 Å². The molecule has 0 fully saturated rings. The number of hydrogen-bond donors (Lipinski definition) is 1. The Morgan fingerprint density at radius 1 is 0.897 bits per heavy atom. The fourth-order valence-corrected chi connectivity index (χ4v) is 3.50. The van der Waals surface area contributed by atoms with Gasteiger partial charge in [0.2, 0.25) is 0 Å². The molecule has 1 N–H and O–H groups in total. The summed E-state index contributed by atoms with van der Waals surface area (Å²) in [5, 5.41) is 0.666. The second-order valence-electron chi connectivity index (χ2n) is 6.79. The molecule has 6 heteroatoms. The molecule has 0 radical (unpaired) electrons. The van der Waals surface area contributed by atoms with Crippen molar-refractivity contribution in [1.29, 1.82) is 0 Å². The quantitative estimate of drug-likeness (QED) is 0.413. The highest BCUT2D eigenvalue weighted by Gasteiger charge is 2.14. The van der Waals surface area contributed by atoms with Gasteiger partial charge in [0, 0.05) is 28.9 Å². The van der Waals surface area contributed by atoms with Gasteiger partial charge in [-0.3, -0.25) is 4.57 Å². The third kappa shape index (κ3) is 3.52. The van der Waals surface area contributed by atoms with E-state index in [-0.39, 0.29) is 5.82 Å². The van der Waals surface area contributed by atoms with E-state index in [1.165, 1.54) is 12.1 Å². The van der Waals surface area contributed by atoms with Gasteiger partial charge in [-0.05, 0) is 60.7 Å². The van der Waals surface area contributed by atoms with Crippen LogP contribution in [-0.4, -0.2) is 19.5 Å². The normalized spacial score (nSPS) is 11.2. The highest BCUT2D eigenvalue weighted by molar-refractivity contribution is 6.30. The molecule has 0 saturated heterocycles. The average Bonchev–Trinajstić information content (AvgIpc) is 3.33. The lowest BCUT2D eigenvalue weighted by atomic mass is 10.2. The lowest BCUT2D eigenvalue weighted by Crippen LogP contribution is -1.96. The van der Waals surface area contributed by atoms with Crippen LogP contribution in [0.15, 0.2) is 79.0 Å². The molecule has 3 aromatic carbocycles. The van der Waals surface area contributed by atoms with Crippen molar-refractivity contribution in [3.8, 4) is 17.1 Å². The molecule has 0 aliphatic carbocycles. The first kappa shape index (κ1) is 17.6. The fraction of sp³-hybridized carbons (Fsp3) is 0.0435. The minimum Gasteiger partial charge on any atom is -0.342 e. The molecule has 0 atom stereocenters. The van der Waals surface area contributed by atoms with E-state index in [0.717, 1.165) is 39.6 Å². The number of nitrogens with zero attached hydrogens (tertiary/aromatic N) is 3. The summed E-state index contributed by atoms with van der Waals surface area (Å²) >= 11 is 6.05. The number of aromatic nitrogens is 4. The van der Waals surface area contributed by atoms with E-state index in [1.54, 1.807) is 12.1 Å². The van der Waals surface area contributed by atoms with Crippen molar-refractivity contribution >= 4 is 22.6 Å². The van der Waals surface area contributed by atoms with E-state index in [0.29, 0.717) is 11.4 Å². The van der Waals surface area contributed by atoms with Gasteiger partial charge in [-0.2, -0.15) is 0 Å².